The largest absolute Gasteiger partial charge is 0.339 e. The van der Waals surface area contributed by atoms with Crippen molar-refractivity contribution in [3.63, 3.8) is 0 Å². The molecule has 0 aromatic carbocycles. The van der Waals surface area contributed by atoms with Crippen molar-refractivity contribution in [1.29, 1.82) is 0 Å². The van der Waals surface area contributed by atoms with Crippen LogP contribution in [0.15, 0.2) is 0 Å². The molecule has 4 atom stereocenters. The molecular formula is C21H32N2O3. The lowest BCUT2D eigenvalue weighted by molar-refractivity contribution is -0.142. The molecular weight excluding hydrogens is 328 g/mol. The number of amides is 3. The van der Waals surface area contributed by atoms with Crippen LogP contribution in [0.5, 0.6) is 0 Å². The number of carbonyl (C=O) groups is 3. The summed E-state index contributed by atoms with van der Waals surface area (Å²) in [5, 5.41) is 0. The van der Waals surface area contributed by atoms with Gasteiger partial charge in [0.25, 0.3) is 0 Å². The first-order valence-electron chi connectivity index (χ1n) is 10.8. The smallest absolute Gasteiger partial charge is 0.233 e. The van der Waals surface area contributed by atoms with Gasteiger partial charge in [-0.25, -0.2) is 0 Å². The van der Waals surface area contributed by atoms with Crippen LogP contribution >= 0.6 is 0 Å². The predicted octanol–water partition coefficient (Wildman–Crippen LogP) is 3.12. The lowest BCUT2D eigenvalue weighted by Gasteiger charge is -2.44. The molecule has 0 aromatic rings. The van der Waals surface area contributed by atoms with Crippen molar-refractivity contribution in [2.24, 2.45) is 17.8 Å². The van der Waals surface area contributed by atoms with E-state index < -0.39 is 0 Å². The molecule has 144 valence electrons. The first-order chi connectivity index (χ1) is 12.7. The molecule has 0 radical (unpaired) electrons. The van der Waals surface area contributed by atoms with Gasteiger partial charge in [-0.15, -0.1) is 0 Å². The fourth-order valence-corrected chi connectivity index (χ4v) is 5.92. The molecule has 2 saturated carbocycles. The summed E-state index contributed by atoms with van der Waals surface area (Å²) < 4.78 is 0. The van der Waals surface area contributed by atoms with Crippen molar-refractivity contribution in [2.75, 3.05) is 13.1 Å². The Bertz CT molecular complexity index is 550. The minimum atomic E-state index is -0.0722. The summed E-state index contributed by atoms with van der Waals surface area (Å²) in [4.78, 5) is 41.4. The van der Waals surface area contributed by atoms with Crippen molar-refractivity contribution in [3.05, 3.63) is 0 Å². The van der Waals surface area contributed by atoms with E-state index in [4.69, 9.17) is 0 Å². The fourth-order valence-electron chi connectivity index (χ4n) is 5.92. The Balaban J connectivity index is 1.29. The van der Waals surface area contributed by atoms with Crippen molar-refractivity contribution >= 4 is 17.7 Å². The molecule has 5 nitrogen and oxygen atoms in total. The highest BCUT2D eigenvalue weighted by molar-refractivity contribution is 6.05. The maximum atomic E-state index is 12.8. The quantitative estimate of drug-likeness (QED) is 0.724. The third-order valence-electron chi connectivity index (χ3n) is 7.27. The minimum absolute atomic E-state index is 0.0254. The van der Waals surface area contributed by atoms with Crippen molar-refractivity contribution in [3.8, 4) is 0 Å². The molecule has 2 aliphatic carbocycles. The van der Waals surface area contributed by atoms with Gasteiger partial charge in [0.05, 0.1) is 11.8 Å². The molecule has 0 N–H and O–H groups in total. The molecule has 0 spiro atoms. The second kappa shape index (κ2) is 7.69. The van der Waals surface area contributed by atoms with Gasteiger partial charge in [0.15, 0.2) is 0 Å². The van der Waals surface area contributed by atoms with Crippen molar-refractivity contribution < 1.29 is 14.4 Å². The van der Waals surface area contributed by atoms with Gasteiger partial charge < -0.3 is 4.90 Å². The van der Waals surface area contributed by atoms with Gasteiger partial charge in [0.2, 0.25) is 17.7 Å². The molecule has 2 aliphatic heterocycles. The Labute approximate surface area is 156 Å². The van der Waals surface area contributed by atoms with Crippen LogP contribution in [0.4, 0.5) is 0 Å². The van der Waals surface area contributed by atoms with Crippen molar-refractivity contribution in [1.82, 2.24) is 9.80 Å². The highest BCUT2D eigenvalue weighted by Crippen LogP contribution is 2.38. The molecule has 3 amide bonds. The molecule has 5 heteroatoms. The average molecular weight is 360 g/mol. The van der Waals surface area contributed by atoms with E-state index in [1.165, 1.54) is 30.6 Å². The zero-order valence-corrected chi connectivity index (χ0v) is 15.8. The summed E-state index contributed by atoms with van der Waals surface area (Å²) in [5.41, 5.74) is 0. The van der Waals surface area contributed by atoms with Gasteiger partial charge in [0.1, 0.15) is 0 Å². The maximum absolute atomic E-state index is 12.8. The van der Waals surface area contributed by atoms with Gasteiger partial charge in [-0.05, 0) is 50.9 Å². The van der Waals surface area contributed by atoms with Crippen LogP contribution in [-0.4, -0.2) is 46.7 Å². The Morgan fingerprint density at radius 2 is 1.46 bits per heavy atom. The molecule has 2 heterocycles. The second-order valence-electron chi connectivity index (χ2n) is 8.77. The third kappa shape index (κ3) is 3.29. The van der Waals surface area contributed by atoms with Gasteiger partial charge in [-0.2, -0.15) is 0 Å². The van der Waals surface area contributed by atoms with E-state index in [9.17, 15) is 14.4 Å². The van der Waals surface area contributed by atoms with Gasteiger partial charge in [0, 0.05) is 25.6 Å². The Hall–Kier alpha value is -1.39. The van der Waals surface area contributed by atoms with Crippen LogP contribution in [0.1, 0.15) is 77.0 Å². The number of hydrogen-bond acceptors (Lipinski definition) is 3. The molecule has 0 aromatic heterocycles. The Kier molecular flexibility index (Phi) is 5.32. The fraction of sp³-hybridized carbons (Fsp3) is 0.857. The summed E-state index contributed by atoms with van der Waals surface area (Å²) in [5.74, 6) is 0.841. The third-order valence-corrected chi connectivity index (χ3v) is 7.27. The highest BCUT2D eigenvalue weighted by atomic mass is 16.2. The Morgan fingerprint density at radius 3 is 2.19 bits per heavy atom. The van der Waals surface area contributed by atoms with Crippen LogP contribution in [0.3, 0.4) is 0 Å². The average Bonchev–Trinajstić information content (AvgIpc) is 2.92. The van der Waals surface area contributed by atoms with Gasteiger partial charge in [-0.1, -0.05) is 25.7 Å². The zero-order valence-electron chi connectivity index (χ0n) is 15.8. The summed E-state index contributed by atoms with van der Waals surface area (Å²) in [6.07, 6.45) is 12.3. The molecule has 4 rings (SSSR count). The van der Waals surface area contributed by atoms with E-state index in [-0.39, 0.29) is 29.6 Å². The number of fused-ring (bicyclic) bond motifs is 2. The van der Waals surface area contributed by atoms with E-state index >= 15 is 0 Å². The molecule has 4 fully saturated rings. The molecule has 2 saturated heterocycles. The number of nitrogens with zero attached hydrogens (tertiary/aromatic N) is 2. The first kappa shape index (κ1) is 18.0. The van der Waals surface area contributed by atoms with Crippen LogP contribution in [0.25, 0.3) is 0 Å². The van der Waals surface area contributed by atoms with Crippen LogP contribution in [-0.2, 0) is 14.4 Å². The number of imide groups is 1. The number of likely N-dealkylation sites (tertiary alicyclic amines) is 2. The number of rotatable bonds is 4. The normalized spacial score (nSPS) is 34.6. The summed E-state index contributed by atoms with van der Waals surface area (Å²) >= 11 is 0. The van der Waals surface area contributed by atoms with Crippen LogP contribution < -0.4 is 0 Å². The van der Waals surface area contributed by atoms with E-state index in [0.29, 0.717) is 31.3 Å². The monoisotopic (exact) mass is 360 g/mol. The number of piperidine rings is 1. The van der Waals surface area contributed by atoms with E-state index in [0.717, 1.165) is 45.1 Å². The topological polar surface area (TPSA) is 57.7 Å². The Morgan fingerprint density at radius 1 is 0.846 bits per heavy atom. The molecule has 26 heavy (non-hydrogen) atoms. The summed E-state index contributed by atoms with van der Waals surface area (Å²) in [6, 6.07) is 0.447. The SMILES string of the molecule is O=C1[C@H]2CCCC[C@H]2C(=O)N1CCCC(=O)N1CCCC2CCCCC21. The molecule has 2 unspecified atom stereocenters. The molecule has 0 bridgehead atoms. The van der Waals surface area contributed by atoms with Crippen molar-refractivity contribution in [2.45, 2.75) is 83.1 Å². The molecule has 4 aliphatic rings. The summed E-state index contributed by atoms with van der Waals surface area (Å²) in [7, 11) is 0. The van der Waals surface area contributed by atoms with Crippen LogP contribution in [0.2, 0.25) is 0 Å². The predicted molar refractivity (Wildman–Crippen MR) is 98.1 cm³/mol. The van der Waals surface area contributed by atoms with Crippen LogP contribution in [0, 0.1) is 17.8 Å². The maximum Gasteiger partial charge on any atom is 0.233 e. The zero-order chi connectivity index (χ0) is 18.1. The number of carbonyl (C=O) groups excluding carboxylic acids is 3. The summed E-state index contributed by atoms with van der Waals surface area (Å²) in [6.45, 7) is 1.32. The highest BCUT2D eigenvalue weighted by Gasteiger charge is 2.47. The van der Waals surface area contributed by atoms with Gasteiger partial charge in [-0.3, -0.25) is 19.3 Å². The van der Waals surface area contributed by atoms with E-state index in [1.807, 2.05) is 0 Å². The standard InChI is InChI=1S/C21H32N2O3/c24-19(22-13-5-8-15-7-1-4-11-18(15)22)12-6-14-23-20(25)16-9-2-3-10-17(16)21(23)26/h15-18H,1-14H2/t15?,16-,17+,18?. The minimum Gasteiger partial charge on any atom is -0.339 e. The second-order valence-corrected chi connectivity index (χ2v) is 8.77. The first-order valence-corrected chi connectivity index (χ1v) is 10.8. The lowest BCUT2D eigenvalue weighted by atomic mass is 9.78. The van der Waals surface area contributed by atoms with E-state index in [2.05, 4.69) is 4.90 Å². The van der Waals surface area contributed by atoms with Gasteiger partial charge >= 0.3 is 0 Å². The lowest BCUT2D eigenvalue weighted by Crippen LogP contribution is -2.49. The van der Waals surface area contributed by atoms with E-state index in [1.54, 1.807) is 0 Å². The number of hydrogen-bond donors (Lipinski definition) is 0.